The van der Waals surface area contributed by atoms with Gasteiger partial charge in [-0.15, -0.1) is 0 Å². The van der Waals surface area contributed by atoms with Crippen LogP contribution in [0, 0.1) is 20.8 Å². The van der Waals surface area contributed by atoms with Gasteiger partial charge in [-0.25, -0.2) is 4.98 Å². The van der Waals surface area contributed by atoms with Gasteiger partial charge in [-0.2, -0.15) is 5.10 Å². The number of amides is 1. The van der Waals surface area contributed by atoms with Crippen LogP contribution < -0.4 is 4.74 Å². The number of H-pyrrole nitrogens is 1. The van der Waals surface area contributed by atoms with Crippen molar-refractivity contribution in [2.75, 3.05) is 26.8 Å². The molecule has 2 atom stereocenters. The number of rotatable bonds is 6. The highest BCUT2D eigenvalue weighted by Gasteiger charge is 2.34. The van der Waals surface area contributed by atoms with Crippen LogP contribution in [0.15, 0.2) is 18.2 Å². The number of aromatic nitrogens is 3. The highest BCUT2D eigenvalue weighted by Crippen LogP contribution is 2.29. The van der Waals surface area contributed by atoms with Crippen molar-refractivity contribution in [3.63, 3.8) is 0 Å². The largest absolute Gasteiger partial charge is 0.483 e. The maximum absolute atomic E-state index is 12.5. The summed E-state index contributed by atoms with van der Waals surface area (Å²) in [6.07, 6.45) is 0.767. The van der Waals surface area contributed by atoms with Crippen molar-refractivity contribution in [3.8, 4) is 5.75 Å². The Balaban J connectivity index is 1.56. The van der Waals surface area contributed by atoms with Crippen LogP contribution in [0.2, 0.25) is 0 Å². The molecule has 1 aliphatic heterocycles. The average Bonchev–Trinajstić information content (AvgIpc) is 3.23. The van der Waals surface area contributed by atoms with Crippen molar-refractivity contribution in [3.05, 3.63) is 41.0 Å². The number of benzene rings is 1. The van der Waals surface area contributed by atoms with E-state index in [0.29, 0.717) is 13.2 Å². The van der Waals surface area contributed by atoms with Crippen LogP contribution in [-0.2, 0) is 9.53 Å². The molecule has 0 radical (unpaired) electrons. The summed E-state index contributed by atoms with van der Waals surface area (Å²) in [5.41, 5.74) is 2.13. The van der Waals surface area contributed by atoms with Gasteiger partial charge in [-0.05, 0) is 44.4 Å². The first kappa shape index (κ1) is 18.4. The summed E-state index contributed by atoms with van der Waals surface area (Å²) < 4.78 is 11.5. The predicted octanol–water partition coefficient (Wildman–Crippen LogP) is 2.14. The van der Waals surface area contributed by atoms with Gasteiger partial charge in [0, 0.05) is 20.2 Å². The van der Waals surface area contributed by atoms with E-state index in [1.807, 2.05) is 39.0 Å². The minimum absolute atomic E-state index is 0.0118. The van der Waals surface area contributed by atoms with Gasteiger partial charge in [0.15, 0.2) is 12.4 Å². The Kier molecular flexibility index (Phi) is 5.56. The number of nitrogens with one attached hydrogen (secondary N) is 1. The summed E-state index contributed by atoms with van der Waals surface area (Å²) in [4.78, 5) is 18.5. The van der Waals surface area contributed by atoms with Gasteiger partial charge in [0.05, 0.1) is 12.0 Å². The van der Waals surface area contributed by atoms with E-state index in [0.717, 1.165) is 34.9 Å². The molecular weight excluding hydrogens is 332 g/mol. The number of aromatic amines is 1. The van der Waals surface area contributed by atoms with E-state index in [-0.39, 0.29) is 24.5 Å². The Morgan fingerprint density at radius 3 is 2.92 bits per heavy atom. The first-order valence-corrected chi connectivity index (χ1v) is 8.88. The third kappa shape index (κ3) is 4.22. The summed E-state index contributed by atoms with van der Waals surface area (Å²) in [7, 11) is 1.77. The Morgan fingerprint density at radius 2 is 2.19 bits per heavy atom. The van der Waals surface area contributed by atoms with Crippen LogP contribution in [0.25, 0.3) is 0 Å². The number of carbonyl (C=O) groups is 1. The molecule has 1 aromatic heterocycles. The summed E-state index contributed by atoms with van der Waals surface area (Å²) in [5.74, 6) is 2.33. The maximum atomic E-state index is 12.5. The molecule has 0 unspecified atom stereocenters. The van der Waals surface area contributed by atoms with E-state index in [4.69, 9.17) is 9.47 Å². The van der Waals surface area contributed by atoms with Crippen molar-refractivity contribution >= 4 is 5.91 Å². The molecule has 2 aromatic rings. The molecular formula is C19H26N4O3. The monoisotopic (exact) mass is 358 g/mol. The van der Waals surface area contributed by atoms with Crippen LogP contribution in [0.3, 0.4) is 0 Å². The summed E-state index contributed by atoms with van der Waals surface area (Å²) >= 11 is 0. The van der Waals surface area contributed by atoms with E-state index in [1.54, 1.807) is 11.9 Å². The Morgan fingerprint density at radius 1 is 1.38 bits per heavy atom. The smallest absolute Gasteiger partial charge is 0.260 e. The topological polar surface area (TPSA) is 80.3 Å². The van der Waals surface area contributed by atoms with E-state index in [9.17, 15) is 4.79 Å². The van der Waals surface area contributed by atoms with Gasteiger partial charge in [-0.1, -0.05) is 12.1 Å². The standard InChI is InChI=1S/C19H26N4O3/c1-12-5-6-13(2)16(9-12)26-11-18(24)23(4)10-17-15(7-8-25-17)19-20-14(3)21-22-19/h5-6,9,15,17H,7-8,10-11H2,1-4H3,(H,20,21,22)/t15-,17-/m1/s1. The number of hydrogen-bond donors (Lipinski definition) is 1. The zero-order valence-electron chi connectivity index (χ0n) is 15.8. The fourth-order valence-electron chi connectivity index (χ4n) is 3.13. The molecule has 3 rings (SSSR count). The van der Waals surface area contributed by atoms with Gasteiger partial charge in [-0.3, -0.25) is 9.89 Å². The zero-order chi connectivity index (χ0) is 18.7. The second kappa shape index (κ2) is 7.86. The maximum Gasteiger partial charge on any atom is 0.260 e. The van der Waals surface area contributed by atoms with Gasteiger partial charge in [0.2, 0.25) is 0 Å². The van der Waals surface area contributed by atoms with Gasteiger partial charge in [0.1, 0.15) is 11.6 Å². The van der Waals surface area contributed by atoms with Gasteiger partial charge in [0.25, 0.3) is 5.91 Å². The lowest BCUT2D eigenvalue weighted by atomic mass is 10.0. The summed E-state index contributed by atoms with van der Waals surface area (Å²) in [5, 5.41) is 7.12. The minimum Gasteiger partial charge on any atom is -0.483 e. The molecule has 2 heterocycles. The Hall–Kier alpha value is -2.41. The quantitative estimate of drug-likeness (QED) is 0.856. The molecule has 7 heteroatoms. The second-order valence-electron chi connectivity index (χ2n) is 6.92. The third-order valence-corrected chi connectivity index (χ3v) is 4.73. The lowest BCUT2D eigenvalue weighted by Crippen LogP contribution is -2.38. The van der Waals surface area contributed by atoms with Crippen LogP contribution in [-0.4, -0.2) is 58.9 Å². The van der Waals surface area contributed by atoms with E-state index >= 15 is 0 Å². The minimum atomic E-state index is -0.0974. The van der Waals surface area contributed by atoms with E-state index in [2.05, 4.69) is 15.2 Å². The van der Waals surface area contributed by atoms with Crippen LogP contribution in [0.4, 0.5) is 0 Å². The number of carbonyl (C=O) groups excluding carboxylic acids is 1. The molecule has 1 aliphatic rings. The molecule has 1 fully saturated rings. The number of hydrogen-bond acceptors (Lipinski definition) is 5. The first-order chi connectivity index (χ1) is 12.4. The molecule has 7 nitrogen and oxygen atoms in total. The van der Waals surface area contributed by atoms with E-state index in [1.165, 1.54) is 0 Å². The molecule has 140 valence electrons. The van der Waals surface area contributed by atoms with Gasteiger partial charge < -0.3 is 14.4 Å². The first-order valence-electron chi connectivity index (χ1n) is 8.88. The molecule has 26 heavy (non-hydrogen) atoms. The molecule has 0 spiro atoms. The average molecular weight is 358 g/mol. The van der Waals surface area contributed by atoms with Gasteiger partial charge >= 0.3 is 0 Å². The van der Waals surface area contributed by atoms with Crippen LogP contribution in [0.1, 0.15) is 35.1 Å². The number of ether oxygens (including phenoxy) is 2. The van der Waals surface area contributed by atoms with Crippen molar-refractivity contribution in [2.45, 2.75) is 39.2 Å². The van der Waals surface area contributed by atoms with Crippen molar-refractivity contribution < 1.29 is 14.3 Å². The number of nitrogens with zero attached hydrogens (tertiary/aromatic N) is 3. The normalized spacial score (nSPS) is 19.5. The summed E-state index contributed by atoms with van der Waals surface area (Å²) in [6, 6.07) is 5.97. The fourth-order valence-corrected chi connectivity index (χ4v) is 3.13. The fraction of sp³-hybridized carbons (Fsp3) is 0.526. The van der Waals surface area contributed by atoms with Crippen molar-refractivity contribution in [2.24, 2.45) is 0 Å². The molecule has 1 aromatic carbocycles. The molecule has 0 bridgehead atoms. The Bertz CT molecular complexity index is 774. The third-order valence-electron chi connectivity index (χ3n) is 4.73. The molecule has 1 N–H and O–H groups in total. The zero-order valence-corrected chi connectivity index (χ0v) is 15.8. The van der Waals surface area contributed by atoms with Crippen molar-refractivity contribution in [1.82, 2.24) is 20.1 Å². The molecule has 1 saturated heterocycles. The van der Waals surface area contributed by atoms with Crippen LogP contribution >= 0.6 is 0 Å². The van der Waals surface area contributed by atoms with Crippen LogP contribution in [0.5, 0.6) is 5.75 Å². The highest BCUT2D eigenvalue weighted by molar-refractivity contribution is 5.77. The lowest BCUT2D eigenvalue weighted by molar-refractivity contribution is -0.133. The van der Waals surface area contributed by atoms with Crippen molar-refractivity contribution in [1.29, 1.82) is 0 Å². The molecule has 1 amide bonds. The summed E-state index contributed by atoms with van der Waals surface area (Å²) in [6.45, 7) is 7.01. The molecule has 0 aliphatic carbocycles. The molecule has 0 saturated carbocycles. The lowest BCUT2D eigenvalue weighted by Gasteiger charge is -2.24. The van der Waals surface area contributed by atoms with E-state index < -0.39 is 0 Å². The SMILES string of the molecule is Cc1ccc(C)c(OCC(=O)N(C)C[C@H]2OCC[C@H]2c2n[nH]c(C)n2)c1. The number of aryl methyl sites for hydroxylation is 3. The predicted molar refractivity (Wildman–Crippen MR) is 97.3 cm³/mol. The second-order valence-corrected chi connectivity index (χ2v) is 6.92. The Labute approximate surface area is 153 Å². The highest BCUT2D eigenvalue weighted by atomic mass is 16.5. The number of likely N-dealkylation sites (N-methyl/N-ethyl adjacent to an activating group) is 1.